The Morgan fingerprint density at radius 2 is 1.55 bits per heavy atom. The van der Waals surface area contributed by atoms with Crippen LogP contribution in [0.2, 0.25) is 0 Å². The van der Waals surface area contributed by atoms with Gasteiger partial charge in [-0.15, -0.1) is 10.2 Å². The van der Waals surface area contributed by atoms with Gasteiger partial charge < -0.3 is 16.4 Å². The average molecular weight is 391 g/mol. The minimum absolute atomic E-state index is 0.187. The average Bonchev–Trinajstić information content (AvgIpc) is 3.38. The Hall–Kier alpha value is -3.59. The first-order valence-electron chi connectivity index (χ1n) is 9.24. The number of aromatic nitrogens is 4. The second kappa shape index (κ2) is 7.10. The van der Waals surface area contributed by atoms with Crippen LogP contribution in [0.3, 0.4) is 0 Å². The molecule has 2 amide bonds. The van der Waals surface area contributed by atoms with Crippen molar-refractivity contribution < 1.29 is 9.59 Å². The quantitative estimate of drug-likeness (QED) is 0.502. The number of fused-ring (bicyclic) bond motifs is 3. The van der Waals surface area contributed by atoms with Crippen molar-refractivity contribution in [1.82, 2.24) is 31.3 Å². The highest BCUT2D eigenvalue weighted by Crippen LogP contribution is 2.53. The molecule has 29 heavy (non-hydrogen) atoms. The number of benzene rings is 2. The molecule has 0 saturated carbocycles. The molecule has 1 heterocycles. The molecule has 0 radical (unpaired) electrons. The second-order valence-electron chi connectivity index (χ2n) is 6.86. The van der Waals surface area contributed by atoms with Gasteiger partial charge in [-0.2, -0.15) is 5.21 Å². The predicted molar refractivity (Wildman–Crippen MR) is 106 cm³/mol. The van der Waals surface area contributed by atoms with Crippen LogP contribution in [0.4, 0.5) is 0 Å². The third-order valence-corrected chi connectivity index (χ3v) is 5.47. The molecular formula is C20H21N7O2. The molecule has 2 aromatic carbocycles. The molecule has 9 nitrogen and oxygen atoms in total. The molecule has 1 aromatic heterocycles. The zero-order valence-electron chi connectivity index (χ0n) is 16.1. The highest BCUT2D eigenvalue weighted by molar-refractivity contribution is 5.99. The lowest BCUT2D eigenvalue weighted by molar-refractivity contribution is 0.0955. The van der Waals surface area contributed by atoms with Crippen molar-refractivity contribution in [3.8, 4) is 11.1 Å². The van der Waals surface area contributed by atoms with E-state index in [0.717, 1.165) is 22.3 Å². The van der Waals surface area contributed by atoms with Crippen LogP contribution in [0, 0.1) is 0 Å². The first-order chi connectivity index (χ1) is 14.1. The lowest BCUT2D eigenvalue weighted by Crippen LogP contribution is -2.31. The minimum atomic E-state index is -0.713. The molecule has 0 fully saturated rings. The lowest BCUT2D eigenvalue weighted by atomic mass is 9.74. The number of carbonyl (C=O) groups excluding carboxylic acids is 2. The molecule has 0 unspecified atom stereocenters. The van der Waals surface area contributed by atoms with Crippen molar-refractivity contribution in [1.29, 1.82) is 0 Å². The van der Waals surface area contributed by atoms with Gasteiger partial charge in [0.25, 0.3) is 11.8 Å². The molecule has 1 aliphatic rings. The number of amides is 2. The molecule has 0 aliphatic heterocycles. The third-order valence-electron chi connectivity index (χ3n) is 5.47. The molecule has 1 aliphatic carbocycles. The number of nitrogens with two attached hydrogens (primary N) is 1. The maximum Gasteiger partial charge on any atom is 0.251 e. The van der Waals surface area contributed by atoms with Gasteiger partial charge in [-0.25, -0.2) is 0 Å². The van der Waals surface area contributed by atoms with Gasteiger partial charge in [0.15, 0.2) is 5.82 Å². The van der Waals surface area contributed by atoms with Crippen molar-refractivity contribution in [3.05, 3.63) is 64.5 Å². The molecule has 9 heteroatoms. The van der Waals surface area contributed by atoms with Crippen LogP contribution in [0.5, 0.6) is 0 Å². The molecule has 5 N–H and O–H groups in total. The summed E-state index contributed by atoms with van der Waals surface area (Å²) in [6, 6.07) is 11.0. The summed E-state index contributed by atoms with van der Waals surface area (Å²) >= 11 is 0. The SMILES string of the molecule is CNC(=O)c1ccc2c(c1)-c1cc(C(=O)NC)ccc1C2(CCN)c1nn[nH]n1. The summed E-state index contributed by atoms with van der Waals surface area (Å²) in [4.78, 5) is 24.5. The van der Waals surface area contributed by atoms with E-state index in [2.05, 4.69) is 31.3 Å². The molecule has 0 bridgehead atoms. The first-order valence-corrected chi connectivity index (χ1v) is 9.24. The zero-order chi connectivity index (χ0) is 20.6. The van der Waals surface area contributed by atoms with Crippen LogP contribution in [-0.4, -0.2) is 53.1 Å². The van der Waals surface area contributed by atoms with Crippen molar-refractivity contribution in [2.45, 2.75) is 11.8 Å². The maximum absolute atomic E-state index is 12.2. The Labute approximate surface area is 167 Å². The number of hydrogen-bond donors (Lipinski definition) is 4. The van der Waals surface area contributed by atoms with E-state index in [1.165, 1.54) is 0 Å². The summed E-state index contributed by atoms with van der Waals surface area (Å²) in [5.41, 5.74) is 9.91. The van der Waals surface area contributed by atoms with E-state index >= 15 is 0 Å². The zero-order valence-corrected chi connectivity index (χ0v) is 16.1. The van der Waals surface area contributed by atoms with Gasteiger partial charge >= 0.3 is 0 Å². The summed E-state index contributed by atoms with van der Waals surface area (Å²) < 4.78 is 0. The lowest BCUT2D eigenvalue weighted by Gasteiger charge is -2.28. The topological polar surface area (TPSA) is 139 Å². The van der Waals surface area contributed by atoms with Crippen molar-refractivity contribution in [3.63, 3.8) is 0 Å². The van der Waals surface area contributed by atoms with Crippen molar-refractivity contribution in [2.75, 3.05) is 20.6 Å². The van der Waals surface area contributed by atoms with E-state index in [0.29, 0.717) is 29.9 Å². The summed E-state index contributed by atoms with van der Waals surface area (Å²) in [6.45, 7) is 0.391. The van der Waals surface area contributed by atoms with E-state index < -0.39 is 5.41 Å². The molecule has 3 aromatic rings. The third kappa shape index (κ3) is 2.70. The number of nitrogens with one attached hydrogen (secondary N) is 3. The Morgan fingerprint density at radius 3 is 1.97 bits per heavy atom. The number of H-pyrrole nitrogens is 1. The minimum Gasteiger partial charge on any atom is -0.355 e. The molecule has 4 rings (SSSR count). The van der Waals surface area contributed by atoms with Crippen LogP contribution in [0.15, 0.2) is 36.4 Å². The van der Waals surface area contributed by atoms with Gasteiger partial charge in [0.2, 0.25) is 0 Å². The normalized spacial score (nSPS) is 13.5. The Morgan fingerprint density at radius 1 is 1.00 bits per heavy atom. The Bertz CT molecular complexity index is 1030. The number of aromatic amines is 1. The highest BCUT2D eigenvalue weighted by atomic mass is 16.2. The van der Waals surface area contributed by atoms with E-state index in [1.54, 1.807) is 26.2 Å². The van der Waals surface area contributed by atoms with Crippen LogP contribution >= 0.6 is 0 Å². The van der Waals surface area contributed by atoms with Crippen molar-refractivity contribution in [2.24, 2.45) is 5.73 Å². The molecule has 0 spiro atoms. The fourth-order valence-electron chi connectivity index (χ4n) is 4.18. The molecule has 0 saturated heterocycles. The van der Waals surface area contributed by atoms with Gasteiger partial charge in [-0.05, 0) is 59.5 Å². The van der Waals surface area contributed by atoms with E-state index in [-0.39, 0.29) is 11.8 Å². The first kappa shape index (κ1) is 18.8. The summed E-state index contributed by atoms with van der Waals surface area (Å²) in [5.74, 6) is 0.128. The van der Waals surface area contributed by atoms with E-state index in [1.807, 2.05) is 24.3 Å². The van der Waals surface area contributed by atoms with Gasteiger partial charge in [-0.3, -0.25) is 9.59 Å². The van der Waals surface area contributed by atoms with Gasteiger partial charge in [0.1, 0.15) is 0 Å². The monoisotopic (exact) mass is 391 g/mol. The van der Waals surface area contributed by atoms with Crippen LogP contribution in [0.25, 0.3) is 11.1 Å². The van der Waals surface area contributed by atoms with Crippen molar-refractivity contribution >= 4 is 11.8 Å². The van der Waals surface area contributed by atoms with Gasteiger partial charge in [-0.1, -0.05) is 17.3 Å². The second-order valence-corrected chi connectivity index (χ2v) is 6.86. The summed E-state index contributed by atoms with van der Waals surface area (Å²) in [7, 11) is 3.18. The van der Waals surface area contributed by atoms with Crippen LogP contribution < -0.4 is 16.4 Å². The highest BCUT2D eigenvalue weighted by Gasteiger charge is 2.47. The number of carbonyl (C=O) groups is 2. The molecule has 148 valence electrons. The van der Waals surface area contributed by atoms with Gasteiger partial charge in [0.05, 0.1) is 5.41 Å². The fourth-order valence-corrected chi connectivity index (χ4v) is 4.18. The largest absolute Gasteiger partial charge is 0.355 e. The molecular weight excluding hydrogens is 370 g/mol. The van der Waals surface area contributed by atoms with E-state index in [4.69, 9.17) is 5.73 Å². The molecule has 0 atom stereocenters. The van der Waals surface area contributed by atoms with Crippen LogP contribution in [0.1, 0.15) is 44.1 Å². The number of tetrazole rings is 1. The predicted octanol–water partition coefficient (Wildman–Crippen LogP) is 0.583. The maximum atomic E-state index is 12.2. The number of nitrogens with zero attached hydrogens (tertiary/aromatic N) is 3. The Balaban J connectivity index is 2.04. The van der Waals surface area contributed by atoms with Crippen LogP contribution in [-0.2, 0) is 5.41 Å². The van der Waals surface area contributed by atoms with Gasteiger partial charge in [0, 0.05) is 25.2 Å². The smallest absolute Gasteiger partial charge is 0.251 e. The summed E-state index contributed by atoms with van der Waals surface area (Å²) in [6.07, 6.45) is 0.547. The summed E-state index contributed by atoms with van der Waals surface area (Å²) in [5, 5.41) is 20.1. The Kier molecular flexibility index (Phi) is 4.59. The standard InChI is InChI=1S/C20H21N7O2/c1-22-17(28)11-3-5-15-13(9-11)14-10-12(18(29)23-2)4-6-16(14)20(15,7-8-21)19-24-26-27-25-19/h3-6,9-10H,7-8,21H2,1-2H3,(H,22,28)(H,23,29)(H,24,25,26,27). The fraction of sp³-hybridized carbons (Fsp3) is 0.250. The number of rotatable bonds is 5. The number of hydrogen-bond acceptors (Lipinski definition) is 6. The van der Waals surface area contributed by atoms with E-state index in [9.17, 15) is 9.59 Å².